The lowest BCUT2D eigenvalue weighted by atomic mass is 10.0. The third-order valence-corrected chi connectivity index (χ3v) is 7.11. The summed E-state index contributed by atoms with van der Waals surface area (Å²) in [4.78, 5) is 12.2. The van der Waals surface area contributed by atoms with Crippen molar-refractivity contribution in [2.45, 2.75) is 32.1 Å². The monoisotopic (exact) mass is 297 g/mol. The van der Waals surface area contributed by atoms with Gasteiger partial charge < -0.3 is 5.32 Å². The number of hydrogen-bond acceptors (Lipinski definition) is 1. The van der Waals surface area contributed by atoms with E-state index in [2.05, 4.69) is 21.2 Å². The molecule has 4 aliphatic carbocycles. The summed E-state index contributed by atoms with van der Waals surface area (Å²) in [5.74, 6) is 4.18. The molecule has 94 valence electrons. The Kier molecular flexibility index (Phi) is 2.23. The van der Waals surface area contributed by atoms with E-state index in [9.17, 15) is 4.79 Å². The highest BCUT2D eigenvalue weighted by atomic mass is 79.9. The first-order valence-electron chi connectivity index (χ1n) is 7.08. The van der Waals surface area contributed by atoms with Crippen LogP contribution in [0, 0.1) is 35.0 Å². The maximum absolute atomic E-state index is 12.2. The Labute approximate surface area is 111 Å². The van der Waals surface area contributed by atoms with Gasteiger partial charge in [0.25, 0.3) is 0 Å². The van der Waals surface area contributed by atoms with Gasteiger partial charge in [-0.25, -0.2) is 0 Å². The molecule has 0 heterocycles. The zero-order valence-corrected chi connectivity index (χ0v) is 11.7. The highest BCUT2D eigenvalue weighted by Gasteiger charge is 2.67. The largest absolute Gasteiger partial charge is 0.355 e. The van der Waals surface area contributed by atoms with E-state index in [1.165, 1.54) is 32.1 Å². The lowest BCUT2D eigenvalue weighted by Crippen LogP contribution is -2.33. The minimum Gasteiger partial charge on any atom is -0.355 e. The predicted octanol–water partition coefficient (Wildman–Crippen LogP) is 2.57. The number of alkyl halides is 1. The normalized spacial score (nSPS) is 47.7. The minimum atomic E-state index is 0.379. The number of nitrogens with one attached hydrogen (secondary N) is 1. The molecule has 0 spiro atoms. The topological polar surface area (TPSA) is 29.1 Å². The summed E-state index contributed by atoms with van der Waals surface area (Å²) in [6.07, 6.45) is 6.80. The van der Waals surface area contributed by atoms with E-state index < -0.39 is 0 Å². The molecule has 1 N–H and O–H groups in total. The van der Waals surface area contributed by atoms with Gasteiger partial charge in [-0.1, -0.05) is 15.9 Å². The Hall–Kier alpha value is -0.0500. The number of carbonyl (C=O) groups excluding carboxylic acids is 1. The number of fused-ring (bicyclic) bond motifs is 5. The third kappa shape index (κ3) is 1.54. The average Bonchev–Trinajstić information content (AvgIpc) is 3.23. The van der Waals surface area contributed by atoms with Crippen LogP contribution >= 0.6 is 15.9 Å². The van der Waals surface area contributed by atoms with Gasteiger partial charge in [0, 0.05) is 17.8 Å². The fourth-order valence-corrected chi connectivity index (χ4v) is 5.36. The fraction of sp³-hybridized carbons (Fsp3) is 0.929. The highest BCUT2D eigenvalue weighted by molar-refractivity contribution is 9.09. The highest BCUT2D eigenvalue weighted by Crippen LogP contribution is 2.69. The van der Waals surface area contributed by atoms with E-state index in [4.69, 9.17) is 0 Å². The smallest absolute Gasteiger partial charge is 0.223 e. The standard InChI is InChI=1S/C14H20BrNO/c15-6-14(3-4-14)7-16-13(17)12-10-8-1-2-9(5-8)11(10)12/h8-12H,1-7H2,(H,16,17). The van der Waals surface area contributed by atoms with Crippen molar-refractivity contribution in [3.05, 3.63) is 0 Å². The van der Waals surface area contributed by atoms with Gasteiger partial charge in [-0.05, 0) is 61.2 Å². The summed E-state index contributed by atoms with van der Waals surface area (Å²) >= 11 is 3.56. The second-order valence-corrected chi connectivity index (χ2v) is 7.43. The van der Waals surface area contributed by atoms with Crippen molar-refractivity contribution in [3.8, 4) is 0 Å². The first kappa shape index (κ1) is 10.8. The van der Waals surface area contributed by atoms with Gasteiger partial charge in [-0.3, -0.25) is 4.79 Å². The zero-order valence-electron chi connectivity index (χ0n) is 10.1. The van der Waals surface area contributed by atoms with Gasteiger partial charge in [0.2, 0.25) is 5.91 Å². The first-order chi connectivity index (χ1) is 8.24. The molecule has 4 fully saturated rings. The maximum atomic E-state index is 12.2. The van der Waals surface area contributed by atoms with Gasteiger partial charge in [-0.15, -0.1) is 0 Å². The third-order valence-electron chi connectivity index (χ3n) is 5.92. The molecule has 0 aromatic rings. The molecule has 0 radical (unpaired) electrons. The molecule has 4 aliphatic rings. The van der Waals surface area contributed by atoms with E-state index in [1.807, 2.05) is 0 Å². The van der Waals surface area contributed by atoms with Crippen molar-refractivity contribution in [3.63, 3.8) is 0 Å². The molecule has 0 saturated heterocycles. The van der Waals surface area contributed by atoms with E-state index in [0.717, 1.165) is 35.5 Å². The summed E-state index contributed by atoms with van der Waals surface area (Å²) in [7, 11) is 0. The van der Waals surface area contributed by atoms with Crippen molar-refractivity contribution in [2.24, 2.45) is 35.0 Å². The van der Waals surface area contributed by atoms with Crippen molar-refractivity contribution in [1.29, 1.82) is 0 Å². The van der Waals surface area contributed by atoms with Gasteiger partial charge in [0.05, 0.1) is 0 Å². The van der Waals surface area contributed by atoms with Crippen LogP contribution in [0.15, 0.2) is 0 Å². The molecule has 3 heteroatoms. The molecule has 4 atom stereocenters. The van der Waals surface area contributed by atoms with Gasteiger partial charge >= 0.3 is 0 Å². The Morgan fingerprint density at radius 1 is 1.24 bits per heavy atom. The van der Waals surface area contributed by atoms with Crippen LogP contribution in [-0.4, -0.2) is 17.8 Å². The van der Waals surface area contributed by atoms with Crippen LogP contribution in [0.2, 0.25) is 0 Å². The molecule has 0 aromatic carbocycles. The molecule has 2 nitrogen and oxygen atoms in total. The van der Waals surface area contributed by atoms with E-state index in [0.29, 0.717) is 17.2 Å². The lowest BCUT2D eigenvalue weighted by Gasteiger charge is -2.14. The van der Waals surface area contributed by atoms with Crippen LogP contribution < -0.4 is 5.32 Å². The number of carbonyl (C=O) groups is 1. The van der Waals surface area contributed by atoms with Crippen molar-refractivity contribution < 1.29 is 4.79 Å². The Morgan fingerprint density at radius 3 is 2.41 bits per heavy atom. The SMILES string of the molecule is O=C(NCC1(CBr)CC1)C1C2C3CCC(C3)C12. The minimum absolute atomic E-state index is 0.379. The molecule has 0 aromatic heterocycles. The van der Waals surface area contributed by atoms with Crippen LogP contribution in [0.25, 0.3) is 0 Å². The van der Waals surface area contributed by atoms with Crippen LogP contribution in [0.5, 0.6) is 0 Å². The molecule has 4 unspecified atom stereocenters. The van der Waals surface area contributed by atoms with Crippen LogP contribution in [0.3, 0.4) is 0 Å². The molecule has 1 amide bonds. The van der Waals surface area contributed by atoms with Gasteiger partial charge in [0.15, 0.2) is 0 Å². The number of hydrogen-bond donors (Lipinski definition) is 1. The van der Waals surface area contributed by atoms with Crippen LogP contribution in [0.4, 0.5) is 0 Å². The summed E-state index contributed by atoms with van der Waals surface area (Å²) in [5.41, 5.74) is 0.415. The second kappa shape index (κ2) is 3.49. The van der Waals surface area contributed by atoms with E-state index in [1.54, 1.807) is 0 Å². The van der Waals surface area contributed by atoms with Crippen molar-refractivity contribution in [2.75, 3.05) is 11.9 Å². The number of rotatable bonds is 4. The molecule has 4 saturated carbocycles. The molecule has 4 rings (SSSR count). The van der Waals surface area contributed by atoms with Crippen LogP contribution in [-0.2, 0) is 4.79 Å². The Bertz CT molecular complexity index is 349. The molecule has 0 aliphatic heterocycles. The predicted molar refractivity (Wildman–Crippen MR) is 69.8 cm³/mol. The Morgan fingerprint density at radius 2 is 1.88 bits per heavy atom. The summed E-state index contributed by atoms with van der Waals surface area (Å²) < 4.78 is 0. The zero-order chi connectivity index (χ0) is 11.6. The average molecular weight is 298 g/mol. The quantitative estimate of drug-likeness (QED) is 0.794. The number of halogens is 1. The van der Waals surface area contributed by atoms with Gasteiger partial charge in [0.1, 0.15) is 0 Å². The van der Waals surface area contributed by atoms with Crippen molar-refractivity contribution in [1.82, 2.24) is 5.32 Å². The first-order valence-corrected chi connectivity index (χ1v) is 8.20. The number of amides is 1. The maximum Gasteiger partial charge on any atom is 0.223 e. The molecule has 17 heavy (non-hydrogen) atoms. The summed E-state index contributed by atoms with van der Waals surface area (Å²) in [5, 5.41) is 4.27. The second-order valence-electron chi connectivity index (χ2n) is 6.87. The molecular formula is C14H20BrNO. The summed E-state index contributed by atoms with van der Waals surface area (Å²) in [6, 6.07) is 0. The lowest BCUT2D eigenvalue weighted by molar-refractivity contribution is -0.123. The van der Waals surface area contributed by atoms with Crippen molar-refractivity contribution >= 4 is 21.8 Å². The Balaban J connectivity index is 1.34. The van der Waals surface area contributed by atoms with E-state index in [-0.39, 0.29) is 0 Å². The van der Waals surface area contributed by atoms with Gasteiger partial charge in [-0.2, -0.15) is 0 Å². The molecule has 2 bridgehead atoms. The van der Waals surface area contributed by atoms with Crippen LogP contribution in [0.1, 0.15) is 32.1 Å². The molecular weight excluding hydrogens is 278 g/mol. The fourth-order valence-electron chi connectivity index (χ4n) is 4.60. The van der Waals surface area contributed by atoms with E-state index >= 15 is 0 Å². The summed E-state index contributed by atoms with van der Waals surface area (Å²) in [6.45, 7) is 0.905.